The van der Waals surface area contributed by atoms with E-state index in [-0.39, 0.29) is 0 Å². The highest BCUT2D eigenvalue weighted by Gasteiger charge is 2.02. The van der Waals surface area contributed by atoms with E-state index < -0.39 is 0 Å². The van der Waals surface area contributed by atoms with Crippen molar-refractivity contribution in [2.75, 3.05) is 6.54 Å². The molecule has 168 valence electrons. The Bertz CT molecular complexity index is 884. The van der Waals surface area contributed by atoms with Crippen LogP contribution in [0.5, 0.6) is 0 Å². The lowest BCUT2D eigenvalue weighted by Gasteiger charge is -1.99. The maximum Gasteiger partial charge on any atom is 0.113 e. The minimum atomic E-state index is 0.712. The summed E-state index contributed by atoms with van der Waals surface area (Å²) in [7, 11) is 1.86. The summed E-state index contributed by atoms with van der Waals surface area (Å²) in [5.74, 6) is 2.49. The minimum absolute atomic E-state index is 0.712. The summed E-state index contributed by atoms with van der Waals surface area (Å²) in [6.45, 7) is 14.0. The Hall–Kier alpha value is -3.23. The fraction of sp³-hybridized carbons (Fsp3) is 0.346. The number of aromatic nitrogens is 4. The number of fused-ring (bicyclic) bond motifs is 1. The molecule has 0 atom stereocenters. The van der Waals surface area contributed by atoms with E-state index in [1.807, 2.05) is 84.4 Å². The van der Waals surface area contributed by atoms with Crippen LogP contribution in [0.4, 0.5) is 0 Å². The van der Waals surface area contributed by atoms with Crippen molar-refractivity contribution in [3.05, 3.63) is 67.7 Å². The monoisotopic (exact) mass is 421 g/mol. The van der Waals surface area contributed by atoms with Crippen LogP contribution in [0.2, 0.25) is 0 Å². The van der Waals surface area contributed by atoms with Crippen molar-refractivity contribution in [3.8, 4) is 23.6 Å². The van der Waals surface area contributed by atoms with Crippen molar-refractivity contribution in [3.63, 3.8) is 0 Å². The number of terminal acetylenes is 1. The van der Waals surface area contributed by atoms with Gasteiger partial charge in [0.05, 0.1) is 6.20 Å². The molecule has 3 rings (SSSR count). The molecule has 2 aromatic heterocycles. The summed E-state index contributed by atoms with van der Waals surface area (Å²) in [5.41, 5.74) is 7.08. The van der Waals surface area contributed by atoms with Crippen LogP contribution >= 0.6 is 0 Å². The third-order valence-corrected chi connectivity index (χ3v) is 3.40. The molecule has 2 N–H and O–H groups in total. The molecule has 0 saturated heterocycles. The van der Waals surface area contributed by atoms with Gasteiger partial charge in [0.25, 0.3) is 0 Å². The predicted molar refractivity (Wildman–Crippen MR) is 137 cm³/mol. The lowest BCUT2D eigenvalue weighted by atomic mass is 10.1. The third-order valence-electron chi connectivity index (χ3n) is 3.40. The Balaban J connectivity index is 0. The van der Waals surface area contributed by atoms with Gasteiger partial charge in [-0.2, -0.15) is 0 Å². The molecule has 0 spiro atoms. The fourth-order valence-electron chi connectivity index (χ4n) is 1.93. The predicted octanol–water partition coefficient (Wildman–Crippen LogP) is 6.19. The molecule has 3 aromatic rings. The number of hydrogen-bond donors (Lipinski definition) is 1. The number of allylic oxidation sites excluding steroid dienone is 3. The highest BCUT2D eigenvalue weighted by atomic mass is 15.4. The number of aryl methyl sites for hydroxylation is 1. The molecule has 0 aliphatic rings. The molecule has 5 nitrogen and oxygen atoms in total. The lowest BCUT2D eigenvalue weighted by molar-refractivity contribution is 0.715. The van der Waals surface area contributed by atoms with Crippen LogP contribution < -0.4 is 5.73 Å². The second kappa shape index (κ2) is 21.5. The van der Waals surface area contributed by atoms with Gasteiger partial charge in [0.2, 0.25) is 0 Å². The van der Waals surface area contributed by atoms with Crippen LogP contribution in [0.25, 0.3) is 22.0 Å². The normalized spacial score (nSPS) is 8.84. The molecular weight excluding hydrogens is 382 g/mol. The Kier molecular flexibility index (Phi) is 20.8. The van der Waals surface area contributed by atoms with Crippen molar-refractivity contribution in [2.24, 2.45) is 12.8 Å². The molecule has 0 radical (unpaired) electrons. The lowest BCUT2D eigenvalue weighted by Crippen LogP contribution is -1.96. The Morgan fingerprint density at radius 1 is 1.13 bits per heavy atom. The number of nitrogens with two attached hydrogens (primary N) is 1. The van der Waals surface area contributed by atoms with Gasteiger partial charge in [-0.25, -0.2) is 0 Å². The van der Waals surface area contributed by atoms with E-state index in [1.165, 1.54) is 0 Å². The number of hydrogen-bond acceptors (Lipinski definition) is 4. The molecule has 0 aliphatic heterocycles. The number of rotatable bonds is 3. The zero-order valence-electron chi connectivity index (χ0n) is 20.0. The molecular formula is C26H39N5. The molecule has 0 bridgehead atoms. The van der Waals surface area contributed by atoms with Crippen LogP contribution in [0.15, 0.2) is 67.7 Å². The average molecular weight is 422 g/mol. The van der Waals surface area contributed by atoms with Gasteiger partial charge >= 0.3 is 0 Å². The van der Waals surface area contributed by atoms with Gasteiger partial charge in [0.15, 0.2) is 0 Å². The summed E-state index contributed by atoms with van der Waals surface area (Å²) in [6.07, 6.45) is 18.0. The van der Waals surface area contributed by atoms with Crippen molar-refractivity contribution < 1.29 is 0 Å². The number of unbranched alkanes of at least 4 members (excludes halogenated alkanes) is 1. The molecule has 31 heavy (non-hydrogen) atoms. The highest BCUT2D eigenvalue weighted by Crippen LogP contribution is 2.21. The first-order chi connectivity index (χ1) is 15.1. The zero-order valence-corrected chi connectivity index (χ0v) is 20.0. The van der Waals surface area contributed by atoms with Crippen LogP contribution in [0.3, 0.4) is 0 Å². The molecule has 0 unspecified atom stereocenters. The SMILES string of the molecule is C#CCCCN.C/C=C\C.C=CC.CC.Cn1cc(-c2ccc3cnccc3c2)nn1. The standard InChI is InChI=1S/C12H10N4.C5H9N.C4H8.C3H6.C2H6/c1-16-8-12(14-15-16)10-2-3-11-7-13-5-4-9(11)6-10;1-2-3-4-5-6;1-3-4-2;1-3-2;1-2/h2-8H,1H3;1H,3-6H2;3-4H,1-2H3;3H,1H2,2H3;1-2H3/b;;4-3-;;. The van der Waals surface area contributed by atoms with Crippen LogP contribution in [0, 0.1) is 12.3 Å². The Morgan fingerprint density at radius 2 is 1.77 bits per heavy atom. The molecule has 0 saturated carbocycles. The van der Waals surface area contributed by atoms with Gasteiger partial charge in [-0.1, -0.05) is 49.4 Å². The number of pyridine rings is 1. The molecule has 1 aromatic carbocycles. The molecule has 0 fully saturated rings. The fourth-order valence-corrected chi connectivity index (χ4v) is 1.93. The van der Waals surface area contributed by atoms with E-state index in [4.69, 9.17) is 12.2 Å². The second-order valence-electron chi connectivity index (χ2n) is 5.89. The summed E-state index contributed by atoms with van der Waals surface area (Å²) in [5, 5.41) is 10.3. The third kappa shape index (κ3) is 14.4. The van der Waals surface area contributed by atoms with Gasteiger partial charge in [-0.3, -0.25) is 9.67 Å². The summed E-state index contributed by atoms with van der Waals surface area (Å²) < 4.78 is 1.70. The van der Waals surface area contributed by atoms with Crippen molar-refractivity contribution in [1.29, 1.82) is 0 Å². The maximum atomic E-state index is 5.12. The average Bonchev–Trinajstić information content (AvgIpc) is 3.26. The van der Waals surface area contributed by atoms with Crippen LogP contribution in [0.1, 0.15) is 47.5 Å². The van der Waals surface area contributed by atoms with E-state index in [2.05, 4.69) is 33.9 Å². The molecule has 0 aliphatic carbocycles. The van der Waals surface area contributed by atoms with E-state index in [9.17, 15) is 0 Å². The largest absolute Gasteiger partial charge is 0.330 e. The Labute approximate surface area is 189 Å². The molecule has 0 amide bonds. The van der Waals surface area contributed by atoms with Crippen LogP contribution in [-0.2, 0) is 7.05 Å². The van der Waals surface area contributed by atoms with Gasteiger partial charge < -0.3 is 5.73 Å². The minimum Gasteiger partial charge on any atom is -0.330 e. The molecule has 5 heteroatoms. The summed E-state index contributed by atoms with van der Waals surface area (Å²) in [4.78, 5) is 4.09. The first-order valence-corrected chi connectivity index (χ1v) is 10.6. The zero-order chi connectivity index (χ0) is 23.9. The number of nitrogens with zero attached hydrogens (tertiary/aromatic N) is 4. The van der Waals surface area contributed by atoms with Gasteiger partial charge in [-0.05, 0) is 51.3 Å². The van der Waals surface area contributed by atoms with Gasteiger partial charge in [0.1, 0.15) is 5.69 Å². The van der Waals surface area contributed by atoms with E-state index in [1.54, 1.807) is 17.0 Å². The highest BCUT2D eigenvalue weighted by molar-refractivity contribution is 5.85. The van der Waals surface area contributed by atoms with Gasteiger partial charge in [-0.15, -0.1) is 24.0 Å². The first-order valence-electron chi connectivity index (χ1n) is 10.6. The van der Waals surface area contributed by atoms with E-state index in [0.29, 0.717) is 6.54 Å². The first kappa shape index (κ1) is 30.0. The summed E-state index contributed by atoms with van der Waals surface area (Å²) in [6, 6.07) is 8.18. The maximum absolute atomic E-state index is 5.12. The molecule has 2 heterocycles. The van der Waals surface area contributed by atoms with Gasteiger partial charge in [0, 0.05) is 36.8 Å². The van der Waals surface area contributed by atoms with E-state index >= 15 is 0 Å². The summed E-state index contributed by atoms with van der Waals surface area (Å²) >= 11 is 0. The van der Waals surface area contributed by atoms with Crippen LogP contribution in [-0.4, -0.2) is 26.5 Å². The smallest absolute Gasteiger partial charge is 0.113 e. The van der Waals surface area contributed by atoms with E-state index in [0.717, 1.165) is 34.9 Å². The van der Waals surface area contributed by atoms with Crippen molar-refractivity contribution in [1.82, 2.24) is 20.0 Å². The second-order valence-corrected chi connectivity index (χ2v) is 5.89. The Morgan fingerprint density at radius 3 is 2.23 bits per heavy atom. The number of benzene rings is 1. The quantitative estimate of drug-likeness (QED) is 0.311. The van der Waals surface area contributed by atoms with Crippen molar-refractivity contribution >= 4 is 10.8 Å². The van der Waals surface area contributed by atoms with Crippen molar-refractivity contribution in [2.45, 2.75) is 47.5 Å². The topological polar surface area (TPSA) is 69.6 Å².